The lowest BCUT2D eigenvalue weighted by atomic mass is 10.0. The Hall–Kier alpha value is -1.75. The molecule has 0 spiro atoms. The molecule has 1 saturated heterocycles. The van der Waals surface area contributed by atoms with Crippen LogP contribution in [0.4, 0.5) is 0 Å². The second-order valence-corrected chi connectivity index (χ2v) is 5.72. The molecule has 1 heterocycles. The lowest BCUT2D eigenvalue weighted by Gasteiger charge is -2.32. The van der Waals surface area contributed by atoms with Crippen LogP contribution in [0.1, 0.15) is 17.2 Å². The summed E-state index contributed by atoms with van der Waals surface area (Å²) in [6.45, 7) is 4.39. The van der Waals surface area contributed by atoms with E-state index in [0.717, 1.165) is 35.7 Å². The SMILES string of the molecule is COc1cc(C)ccc1OC(c1ccccc1)[C@@H]1CNCCO1.Cl. The van der Waals surface area contributed by atoms with E-state index < -0.39 is 0 Å². The van der Waals surface area contributed by atoms with Crippen molar-refractivity contribution in [2.75, 3.05) is 26.8 Å². The number of nitrogens with one attached hydrogen (secondary N) is 1. The van der Waals surface area contributed by atoms with E-state index in [-0.39, 0.29) is 24.6 Å². The van der Waals surface area contributed by atoms with Crippen LogP contribution in [0.2, 0.25) is 0 Å². The van der Waals surface area contributed by atoms with E-state index in [1.165, 1.54) is 0 Å². The maximum absolute atomic E-state index is 6.33. The molecule has 0 amide bonds. The molecule has 5 heteroatoms. The molecule has 2 aromatic rings. The summed E-state index contributed by atoms with van der Waals surface area (Å²) in [6, 6.07) is 16.2. The minimum Gasteiger partial charge on any atom is -0.493 e. The van der Waals surface area contributed by atoms with Gasteiger partial charge in [-0.15, -0.1) is 12.4 Å². The van der Waals surface area contributed by atoms with Gasteiger partial charge in [0.1, 0.15) is 6.10 Å². The number of halogens is 1. The van der Waals surface area contributed by atoms with Crippen molar-refractivity contribution in [3.8, 4) is 11.5 Å². The quantitative estimate of drug-likeness (QED) is 0.896. The van der Waals surface area contributed by atoms with E-state index in [1.54, 1.807) is 7.11 Å². The molecule has 2 aromatic carbocycles. The minimum absolute atomic E-state index is 0. The summed E-state index contributed by atoms with van der Waals surface area (Å²) < 4.78 is 17.7. The molecular weight excluding hydrogens is 326 g/mol. The number of hydrogen-bond acceptors (Lipinski definition) is 4. The highest BCUT2D eigenvalue weighted by Crippen LogP contribution is 2.34. The minimum atomic E-state index is -0.180. The Morgan fingerprint density at radius 1 is 1.12 bits per heavy atom. The van der Waals surface area contributed by atoms with Gasteiger partial charge in [0.15, 0.2) is 17.6 Å². The summed E-state index contributed by atoms with van der Waals surface area (Å²) in [5, 5.41) is 3.37. The van der Waals surface area contributed by atoms with Gasteiger partial charge in [-0.2, -0.15) is 0 Å². The fourth-order valence-electron chi connectivity index (χ4n) is 2.79. The first kappa shape index (κ1) is 18.6. The second-order valence-electron chi connectivity index (χ2n) is 5.72. The van der Waals surface area contributed by atoms with Crippen LogP contribution in [0.15, 0.2) is 48.5 Å². The molecular formula is C19H24ClNO3. The van der Waals surface area contributed by atoms with Crippen molar-refractivity contribution in [2.45, 2.75) is 19.1 Å². The molecule has 0 aromatic heterocycles. The van der Waals surface area contributed by atoms with Crippen LogP contribution in [-0.4, -0.2) is 32.9 Å². The predicted octanol–water partition coefficient (Wildman–Crippen LogP) is 3.53. The summed E-state index contributed by atoms with van der Waals surface area (Å²) in [5.74, 6) is 1.48. The molecule has 130 valence electrons. The lowest BCUT2D eigenvalue weighted by molar-refractivity contribution is -0.0438. The summed E-state index contributed by atoms with van der Waals surface area (Å²) in [5.41, 5.74) is 2.24. The Bertz CT molecular complexity index is 630. The first-order valence-corrected chi connectivity index (χ1v) is 7.96. The summed E-state index contributed by atoms with van der Waals surface area (Å²) >= 11 is 0. The number of morpholine rings is 1. The molecule has 0 aliphatic carbocycles. The van der Waals surface area contributed by atoms with Crippen molar-refractivity contribution in [1.82, 2.24) is 5.32 Å². The highest BCUT2D eigenvalue weighted by Gasteiger charge is 2.28. The van der Waals surface area contributed by atoms with Gasteiger partial charge in [-0.1, -0.05) is 36.4 Å². The van der Waals surface area contributed by atoms with Crippen molar-refractivity contribution in [3.63, 3.8) is 0 Å². The van der Waals surface area contributed by atoms with Crippen LogP contribution in [0.3, 0.4) is 0 Å². The molecule has 4 nitrogen and oxygen atoms in total. The van der Waals surface area contributed by atoms with Gasteiger partial charge < -0.3 is 19.5 Å². The standard InChI is InChI=1S/C19H23NO3.ClH/c1-14-8-9-16(17(12-14)21-2)23-19(15-6-4-3-5-7-15)18-13-20-10-11-22-18;/h3-9,12,18-20H,10-11,13H2,1-2H3;1H/t18-,19?;/m0./s1. The Labute approximate surface area is 149 Å². The van der Waals surface area contributed by atoms with Crippen molar-refractivity contribution in [1.29, 1.82) is 0 Å². The molecule has 0 bridgehead atoms. The van der Waals surface area contributed by atoms with E-state index >= 15 is 0 Å². The average molecular weight is 350 g/mol. The third-order valence-electron chi connectivity index (χ3n) is 4.00. The smallest absolute Gasteiger partial charge is 0.162 e. The fraction of sp³-hybridized carbons (Fsp3) is 0.368. The number of hydrogen-bond donors (Lipinski definition) is 1. The zero-order valence-corrected chi connectivity index (χ0v) is 14.8. The van der Waals surface area contributed by atoms with Crippen LogP contribution in [-0.2, 0) is 4.74 Å². The van der Waals surface area contributed by atoms with E-state index in [1.807, 2.05) is 43.3 Å². The van der Waals surface area contributed by atoms with E-state index in [9.17, 15) is 0 Å². The van der Waals surface area contributed by atoms with Gasteiger partial charge in [-0.05, 0) is 30.2 Å². The monoisotopic (exact) mass is 349 g/mol. The topological polar surface area (TPSA) is 39.7 Å². The van der Waals surface area contributed by atoms with Crippen molar-refractivity contribution in [2.24, 2.45) is 0 Å². The molecule has 1 aliphatic heterocycles. The Morgan fingerprint density at radius 3 is 2.58 bits per heavy atom. The van der Waals surface area contributed by atoms with Crippen LogP contribution in [0.5, 0.6) is 11.5 Å². The van der Waals surface area contributed by atoms with Crippen molar-refractivity contribution >= 4 is 12.4 Å². The highest BCUT2D eigenvalue weighted by molar-refractivity contribution is 5.85. The maximum atomic E-state index is 6.33. The maximum Gasteiger partial charge on any atom is 0.162 e. The largest absolute Gasteiger partial charge is 0.493 e. The predicted molar refractivity (Wildman–Crippen MR) is 97.4 cm³/mol. The first-order valence-electron chi connectivity index (χ1n) is 7.96. The van der Waals surface area contributed by atoms with Crippen LogP contribution in [0, 0.1) is 6.92 Å². The Balaban J connectivity index is 0.00000208. The summed E-state index contributed by atoms with van der Waals surface area (Å²) in [7, 11) is 1.66. The van der Waals surface area contributed by atoms with Gasteiger partial charge in [0.25, 0.3) is 0 Å². The van der Waals surface area contributed by atoms with Crippen LogP contribution in [0.25, 0.3) is 0 Å². The van der Waals surface area contributed by atoms with E-state index in [4.69, 9.17) is 14.2 Å². The molecule has 2 atom stereocenters. The summed E-state index contributed by atoms with van der Waals surface area (Å²) in [6.07, 6.45) is -0.210. The zero-order chi connectivity index (χ0) is 16.1. The third-order valence-corrected chi connectivity index (χ3v) is 4.00. The second kappa shape index (κ2) is 8.92. The number of rotatable bonds is 5. The van der Waals surface area contributed by atoms with Crippen LogP contribution >= 0.6 is 12.4 Å². The van der Waals surface area contributed by atoms with E-state index in [2.05, 4.69) is 17.4 Å². The van der Waals surface area contributed by atoms with Gasteiger partial charge in [-0.3, -0.25) is 0 Å². The molecule has 1 N–H and O–H groups in total. The van der Waals surface area contributed by atoms with Crippen molar-refractivity contribution in [3.05, 3.63) is 59.7 Å². The van der Waals surface area contributed by atoms with Gasteiger partial charge in [0.2, 0.25) is 0 Å². The molecule has 1 fully saturated rings. The van der Waals surface area contributed by atoms with E-state index in [0.29, 0.717) is 6.61 Å². The lowest BCUT2D eigenvalue weighted by Crippen LogP contribution is -2.43. The van der Waals surface area contributed by atoms with Gasteiger partial charge in [0, 0.05) is 13.1 Å². The van der Waals surface area contributed by atoms with Gasteiger partial charge >= 0.3 is 0 Å². The first-order chi connectivity index (χ1) is 11.3. The normalized spacial score (nSPS) is 18.3. The Morgan fingerprint density at radius 2 is 1.92 bits per heavy atom. The fourth-order valence-corrected chi connectivity index (χ4v) is 2.79. The molecule has 24 heavy (non-hydrogen) atoms. The van der Waals surface area contributed by atoms with Gasteiger partial charge in [-0.25, -0.2) is 0 Å². The average Bonchev–Trinajstić information content (AvgIpc) is 2.62. The number of aryl methyl sites for hydroxylation is 1. The number of methoxy groups -OCH3 is 1. The molecule has 3 rings (SSSR count). The molecule has 1 aliphatic rings. The van der Waals surface area contributed by atoms with Gasteiger partial charge in [0.05, 0.1) is 13.7 Å². The third kappa shape index (κ3) is 4.41. The number of benzene rings is 2. The molecule has 0 radical (unpaired) electrons. The van der Waals surface area contributed by atoms with Crippen molar-refractivity contribution < 1.29 is 14.2 Å². The highest BCUT2D eigenvalue weighted by atomic mass is 35.5. The molecule has 0 saturated carbocycles. The summed E-state index contributed by atoms with van der Waals surface area (Å²) in [4.78, 5) is 0. The van der Waals surface area contributed by atoms with Crippen LogP contribution < -0.4 is 14.8 Å². The Kier molecular flexibility index (Phi) is 6.91. The zero-order valence-electron chi connectivity index (χ0n) is 14.0. The molecule has 1 unspecified atom stereocenters. The number of ether oxygens (including phenoxy) is 3.